The molecule has 0 saturated heterocycles. The van der Waals surface area contributed by atoms with Crippen molar-refractivity contribution in [3.8, 4) is 11.5 Å². The molecule has 0 amide bonds. The van der Waals surface area contributed by atoms with Gasteiger partial charge in [-0.25, -0.2) is 4.98 Å². The first kappa shape index (κ1) is 16.1. The van der Waals surface area contributed by atoms with E-state index in [0.717, 1.165) is 16.1 Å². The lowest BCUT2D eigenvalue weighted by Gasteiger charge is -2.19. The largest absolute Gasteiger partial charge is 0.486 e. The molecule has 2 aromatic heterocycles. The summed E-state index contributed by atoms with van der Waals surface area (Å²) >= 11 is 7.74. The number of rotatable bonds is 3. The Morgan fingerprint density at radius 1 is 1.36 bits per heavy atom. The Kier molecular flexibility index (Phi) is 4.19. The quantitative estimate of drug-likeness (QED) is 0.658. The zero-order valence-electron chi connectivity index (χ0n) is 13.4. The molecule has 0 saturated carbocycles. The van der Waals surface area contributed by atoms with E-state index >= 15 is 0 Å². The van der Waals surface area contributed by atoms with Crippen LogP contribution in [0.15, 0.2) is 34.4 Å². The Morgan fingerprint density at radius 3 is 3.04 bits per heavy atom. The zero-order valence-corrected chi connectivity index (χ0v) is 14.9. The SMILES string of the molecule is CCc1cc2c(=O)n(/N=C\c3cc(Cl)c4c(c3)OCCO4)cnc2s1. The summed E-state index contributed by atoms with van der Waals surface area (Å²) in [5.74, 6) is 1.11. The number of nitrogens with zero attached hydrogens (tertiary/aromatic N) is 3. The molecule has 6 nitrogen and oxygen atoms in total. The number of thiophene rings is 1. The number of halogens is 1. The standard InChI is InChI=1S/C17H14ClN3O3S/c1-2-11-7-12-16(25-11)19-9-21(17(12)22)20-8-10-5-13(18)15-14(6-10)23-3-4-24-15/h5-9H,2-4H2,1H3/b20-8-. The molecular weight excluding hydrogens is 362 g/mol. The predicted molar refractivity (Wildman–Crippen MR) is 98.7 cm³/mol. The Morgan fingerprint density at radius 2 is 2.20 bits per heavy atom. The molecule has 0 atom stereocenters. The number of ether oxygens (including phenoxy) is 2. The number of aryl methyl sites for hydroxylation is 1. The Bertz CT molecular complexity index is 1040. The Labute approximate surface area is 152 Å². The first-order valence-electron chi connectivity index (χ1n) is 7.79. The van der Waals surface area contributed by atoms with Crippen molar-refractivity contribution in [3.05, 3.63) is 50.3 Å². The van der Waals surface area contributed by atoms with Crippen molar-refractivity contribution >= 4 is 39.4 Å². The molecule has 0 aliphatic carbocycles. The minimum atomic E-state index is -0.194. The molecule has 3 aromatic rings. The predicted octanol–water partition coefficient (Wildman–Crippen LogP) is 3.33. The molecule has 0 radical (unpaired) electrons. The van der Waals surface area contributed by atoms with Crippen molar-refractivity contribution in [1.82, 2.24) is 9.66 Å². The lowest BCUT2D eigenvalue weighted by molar-refractivity contribution is 0.171. The van der Waals surface area contributed by atoms with Crippen LogP contribution in [0.4, 0.5) is 0 Å². The molecule has 25 heavy (non-hydrogen) atoms. The maximum absolute atomic E-state index is 12.5. The number of hydrogen-bond donors (Lipinski definition) is 0. The molecule has 4 rings (SSSR count). The molecule has 1 aliphatic heterocycles. The van der Waals surface area contributed by atoms with E-state index in [1.54, 1.807) is 18.3 Å². The van der Waals surface area contributed by atoms with Crippen LogP contribution in [0.2, 0.25) is 5.02 Å². The molecule has 1 aromatic carbocycles. The van der Waals surface area contributed by atoms with E-state index < -0.39 is 0 Å². The molecule has 1 aliphatic rings. The van der Waals surface area contributed by atoms with Crippen LogP contribution in [0.1, 0.15) is 17.4 Å². The summed E-state index contributed by atoms with van der Waals surface area (Å²) in [7, 11) is 0. The number of benzene rings is 1. The van der Waals surface area contributed by atoms with E-state index in [0.29, 0.717) is 40.7 Å². The van der Waals surface area contributed by atoms with Crippen molar-refractivity contribution in [2.45, 2.75) is 13.3 Å². The van der Waals surface area contributed by atoms with E-state index in [1.165, 1.54) is 22.3 Å². The monoisotopic (exact) mass is 375 g/mol. The maximum Gasteiger partial charge on any atom is 0.282 e. The van der Waals surface area contributed by atoms with Gasteiger partial charge < -0.3 is 9.47 Å². The minimum Gasteiger partial charge on any atom is -0.486 e. The second-order valence-corrected chi connectivity index (χ2v) is 6.97. The highest BCUT2D eigenvalue weighted by molar-refractivity contribution is 7.18. The molecule has 128 valence electrons. The fourth-order valence-corrected chi connectivity index (χ4v) is 3.75. The summed E-state index contributed by atoms with van der Waals surface area (Å²) in [5.41, 5.74) is 0.515. The minimum absolute atomic E-state index is 0.194. The van der Waals surface area contributed by atoms with Crippen LogP contribution < -0.4 is 15.0 Å². The van der Waals surface area contributed by atoms with Crippen LogP contribution >= 0.6 is 22.9 Å². The molecule has 0 fully saturated rings. The summed E-state index contributed by atoms with van der Waals surface area (Å²) in [5, 5.41) is 5.25. The number of fused-ring (bicyclic) bond motifs is 2. The Hall–Kier alpha value is -2.38. The Balaban J connectivity index is 1.70. The summed E-state index contributed by atoms with van der Waals surface area (Å²) < 4.78 is 12.3. The molecule has 8 heteroatoms. The van der Waals surface area contributed by atoms with E-state index in [-0.39, 0.29) is 5.56 Å². The third-order valence-corrected chi connectivity index (χ3v) is 5.25. The van der Waals surface area contributed by atoms with Crippen molar-refractivity contribution in [2.75, 3.05) is 13.2 Å². The molecule has 0 spiro atoms. The average Bonchev–Trinajstić information content (AvgIpc) is 3.05. The van der Waals surface area contributed by atoms with Gasteiger partial charge in [-0.1, -0.05) is 18.5 Å². The van der Waals surface area contributed by atoms with Gasteiger partial charge in [0.25, 0.3) is 5.56 Å². The van der Waals surface area contributed by atoms with E-state index in [9.17, 15) is 4.79 Å². The van der Waals surface area contributed by atoms with E-state index in [1.807, 2.05) is 13.0 Å². The fourth-order valence-electron chi connectivity index (χ4n) is 2.55. The summed E-state index contributed by atoms with van der Waals surface area (Å²) in [6.07, 6.45) is 3.85. The van der Waals surface area contributed by atoms with Gasteiger partial charge in [-0.15, -0.1) is 11.3 Å². The highest BCUT2D eigenvalue weighted by Crippen LogP contribution is 2.37. The molecule has 3 heterocycles. The number of hydrogen-bond acceptors (Lipinski definition) is 6. The molecular formula is C17H14ClN3O3S. The topological polar surface area (TPSA) is 65.7 Å². The summed E-state index contributed by atoms with van der Waals surface area (Å²) in [4.78, 5) is 18.7. The van der Waals surface area contributed by atoms with Crippen molar-refractivity contribution in [1.29, 1.82) is 0 Å². The molecule has 0 unspecified atom stereocenters. The van der Waals surface area contributed by atoms with Gasteiger partial charge in [-0.3, -0.25) is 4.79 Å². The van der Waals surface area contributed by atoms with E-state index in [4.69, 9.17) is 21.1 Å². The van der Waals surface area contributed by atoms with Gasteiger partial charge in [-0.2, -0.15) is 9.78 Å². The van der Waals surface area contributed by atoms with Crippen molar-refractivity contribution < 1.29 is 9.47 Å². The smallest absolute Gasteiger partial charge is 0.282 e. The highest BCUT2D eigenvalue weighted by atomic mass is 35.5. The van der Waals surface area contributed by atoms with Crippen LogP contribution in [0.5, 0.6) is 11.5 Å². The van der Waals surface area contributed by atoms with Crippen LogP contribution in [0.3, 0.4) is 0 Å². The van der Waals surface area contributed by atoms with Gasteiger partial charge in [0.05, 0.1) is 16.6 Å². The van der Waals surface area contributed by atoms with Gasteiger partial charge >= 0.3 is 0 Å². The second-order valence-electron chi connectivity index (χ2n) is 5.45. The van der Waals surface area contributed by atoms with Gasteiger partial charge in [0.1, 0.15) is 24.4 Å². The van der Waals surface area contributed by atoms with Crippen LogP contribution in [-0.4, -0.2) is 29.1 Å². The average molecular weight is 376 g/mol. The van der Waals surface area contributed by atoms with Gasteiger partial charge in [0, 0.05) is 4.88 Å². The van der Waals surface area contributed by atoms with Crippen LogP contribution in [0.25, 0.3) is 10.2 Å². The van der Waals surface area contributed by atoms with Crippen molar-refractivity contribution in [2.24, 2.45) is 5.10 Å². The third-order valence-electron chi connectivity index (χ3n) is 3.79. The van der Waals surface area contributed by atoms with Gasteiger partial charge in [-0.05, 0) is 30.2 Å². The lowest BCUT2D eigenvalue weighted by Crippen LogP contribution is -2.17. The van der Waals surface area contributed by atoms with Gasteiger partial charge in [0.2, 0.25) is 0 Å². The molecule has 0 bridgehead atoms. The summed E-state index contributed by atoms with van der Waals surface area (Å²) in [6, 6.07) is 5.37. The van der Waals surface area contributed by atoms with Crippen LogP contribution in [0, 0.1) is 0 Å². The fraction of sp³-hybridized carbons (Fsp3) is 0.235. The third kappa shape index (κ3) is 3.01. The lowest BCUT2D eigenvalue weighted by atomic mass is 10.2. The number of aromatic nitrogens is 2. The van der Waals surface area contributed by atoms with E-state index in [2.05, 4.69) is 10.1 Å². The van der Waals surface area contributed by atoms with Crippen LogP contribution in [-0.2, 0) is 6.42 Å². The summed E-state index contributed by atoms with van der Waals surface area (Å²) in [6.45, 7) is 3.00. The second kappa shape index (κ2) is 6.50. The highest BCUT2D eigenvalue weighted by Gasteiger charge is 2.16. The van der Waals surface area contributed by atoms with Gasteiger partial charge in [0.15, 0.2) is 11.5 Å². The van der Waals surface area contributed by atoms with Crippen molar-refractivity contribution in [3.63, 3.8) is 0 Å². The first-order valence-corrected chi connectivity index (χ1v) is 8.98. The zero-order chi connectivity index (χ0) is 17.4. The molecule has 0 N–H and O–H groups in total. The maximum atomic E-state index is 12.5. The normalized spacial score (nSPS) is 13.7. The first-order chi connectivity index (χ1) is 12.2.